The van der Waals surface area contributed by atoms with Crippen LogP contribution in [0.5, 0.6) is 0 Å². The van der Waals surface area contributed by atoms with Crippen molar-refractivity contribution in [3.63, 3.8) is 0 Å². The molecule has 0 bridgehead atoms. The molecule has 0 radical (unpaired) electrons. The van der Waals surface area contributed by atoms with Crippen molar-refractivity contribution in [1.82, 2.24) is 5.32 Å². The van der Waals surface area contributed by atoms with Gasteiger partial charge in [0.05, 0.1) is 0 Å². The number of urea groups is 1. The Labute approximate surface area is 109 Å². The van der Waals surface area contributed by atoms with Crippen molar-refractivity contribution in [2.24, 2.45) is 11.7 Å². The first-order valence-corrected chi connectivity index (χ1v) is 6.43. The lowest BCUT2D eigenvalue weighted by Crippen LogP contribution is -2.39. The van der Waals surface area contributed by atoms with Crippen LogP contribution in [0.1, 0.15) is 32.8 Å². The lowest BCUT2D eigenvalue weighted by atomic mass is 10.0. The topological polar surface area (TPSA) is 67.2 Å². The SMILES string of the molecule is CCC(C)C(C)NC(=O)Nc1cccc(CN)c1. The Bertz CT molecular complexity index is 392. The fourth-order valence-corrected chi connectivity index (χ4v) is 1.65. The number of hydrogen-bond donors (Lipinski definition) is 3. The van der Waals surface area contributed by atoms with Gasteiger partial charge in [-0.1, -0.05) is 32.4 Å². The summed E-state index contributed by atoms with van der Waals surface area (Å²) in [6.45, 7) is 6.73. The van der Waals surface area contributed by atoms with Gasteiger partial charge in [-0.3, -0.25) is 0 Å². The minimum absolute atomic E-state index is 0.160. The second-order valence-corrected chi connectivity index (χ2v) is 4.68. The van der Waals surface area contributed by atoms with Crippen LogP contribution in [0.2, 0.25) is 0 Å². The van der Waals surface area contributed by atoms with Crippen LogP contribution in [0.25, 0.3) is 0 Å². The highest BCUT2D eigenvalue weighted by Gasteiger charge is 2.12. The molecule has 4 heteroatoms. The monoisotopic (exact) mass is 249 g/mol. The molecule has 0 aliphatic heterocycles. The molecule has 2 amide bonds. The second kappa shape index (κ2) is 7.01. The van der Waals surface area contributed by atoms with Crippen molar-refractivity contribution in [2.75, 3.05) is 5.32 Å². The average Bonchev–Trinajstić information content (AvgIpc) is 2.37. The summed E-state index contributed by atoms with van der Waals surface area (Å²) in [5.74, 6) is 0.464. The van der Waals surface area contributed by atoms with Gasteiger partial charge in [0.1, 0.15) is 0 Å². The van der Waals surface area contributed by atoms with Gasteiger partial charge in [-0.2, -0.15) is 0 Å². The predicted molar refractivity (Wildman–Crippen MR) is 75.4 cm³/mol. The summed E-state index contributed by atoms with van der Waals surface area (Å²) in [5, 5.41) is 5.76. The summed E-state index contributed by atoms with van der Waals surface area (Å²) in [5.41, 5.74) is 7.33. The van der Waals surface area contributed by atoms with Crippen molar-refractivity contribution in [1.29, 1.82) is 0 Å². The fourth-order valence-electron chi connectivity index (χ4n) is 1.65. The summed E-state index contributed by atoms with van der Waals surface area (Å²) in [7, 11) is 0. The van der Waals surface area contributed by atoms with E-state index in [4.69, 9.17) is 5.73 Å². The Morgan fingerprint density at radius 1 is 1.39 bits per heavy atom. The largest absolute Gasteiger partial charge is 0.335 e. The zero-order valence-corrected chi connectivity index (χ0v) is 11.4. The Hall–Kier alpha value is -1.55. The molecule has 0 spiro atoms. The van der Waals surface area contributed by atoms with E-state index in [1.54, 1.807) is 0 Å². The molecule has 0 aliphatic carbocycles. The van der Waals surface area contributed by atoms with Gasteiger partial charge in [0.25, 0.3) is 0 Å². The number of nitrogens with one attached hydrogen (secondary N) is 2. The Kier molecular flexibility index (Phi) is 5.65. The molecule has 2 atom stereocenters. The lowest BCUT2D eigenvalue weighted by molar-refractivity contribution is 0.244. The highest BCUT2D eigenvalue weighted by Crippen LogP contribution is 2.11. The first kappa shape index (κ1) is 14.5. The highest BCUT2D eigenvalue weighted by atomic mass is 16.2. The van der Waals surface area contributed by atoms with Crippen molar-refractivity contribution in [2.45, 2.75) is 39.8 Å². The molecule has 1 aromatic carbocycles. The standard InChI is InChI=1S/C14H23N3O/c1-4-10(2)11(3)16-14(18)17-13-7-5-6-12(8-13)9-15/h5-8,10-11H,4,9,15H2,1-3H3,(H2,16,17,18). The van der Waals surface area contributed by atoms with Crippen molar-refractivity contribution in [3.05, 3.63) is 29.8 Å². The number of carbonyl (C=O) groups excluding carboxylic acids is 1. The van der Waals surface area contributed by atoms with Crippen LogP contribution in [0.15, 0.2) is 24.3 Å². The molecular weight excluding hydrogens is 226 g/mol. The molecule has 2 unspecified atom stereocenters. The maximum Gasteiger partial charge on any atom is 0.319 e. The van der Waals surface area contributed by atoms with Gasteiger partial charge in [0, 0.05) is 18.3 Å². The second-order valence-electron chi connectivity index (χ2n) is 4.68. The normalized spacial score (nSPS) is 13.8. The van der Waals surface area contributed by atoms with Crippen LogP contribution in [-0.2, 0) is 6.54 Å². The van der Waals surface area contributed by atoms with E-state index in [2.05, 4.69) is 24.5 Å². The molecule has 0 aromatic heterocycles. The molecule has 4 N–H and O–H groups in total. The molecule has 0 saturated heterocycles. The zero-order chi connectivity index (χ0) is 13.5. The molecule has 100 valence electrons. The van der Waals surface area contributed by atoms with Crippen molar-refractivity contribution >= 4 is 11.7 Å². The van der Waals surface area contributed by atoms with E-state index in [9.17, 15) is 4.79 Å². The Morgan fingerprint density at radius 3 is 2.72 bits per heavy atom. The van der Waals surface area contributed by atoms with E-state index in [1.165, 1.54) is 0 Å². The predicted octanol–water partition coefficient (Wildman–Crippen LogP) is 2.70. The Balaban J connectivity index is 2.53. The van der Waals surface area contributed by atoms with E-state index in [0.29, 0.717) is 12.5 Å². The maximum atomic E-state index is 11.8. The summed E-state index contributed by atoms with van der Waals surface area (Å²) < 4.78 is 0. The third-order valence-electron chi connectivity index (χ3n) is 3.28. The van der Waals surface area contributed by atoms with Gasteiger partial charge in [-0.25, -0.2) is 4.79 Å². The molecular formula is C14H23N3O. The molecule has 0 aliphatic rings. The van der Waals surface area contributed by atoms with Crippen LogP contribution < -0.4 is 16.4 Å². The van der Waals surface area contributed by atoms with Gasteiger partial charge in [0.2, 0.25) is 0 Å². The molecule has 0 fully saturated rings. The smallest absolute Gasteiger partial charge is 0.319 e. The molecule has 0 heterocycles. The summed E-state index contributed by atoms with van der Waals surface area (Å²) in [6.07, 6.45) is 1.05. The Morgan fingerprint density at radius 2 is 2.11 bits per heavy atom. The van der Waals surface area contributed by atoms with Gasteiger partial charge in [0.15, 0.2) is 0 Å². The third-order valence-corrected chi connectivity index (χ3v) is 3.28. The average molecular weight is 249 g/mol. The quantitative estimate of drug-likeness (QED) is 0.751. The molecule has 0 saturated carbocycles. The number of nitrogens with two attached hydrogens (primary N) is 1. The zero-order valence-electron chi connectivity index (χ0n) is 11.4. The van der Waals surface area contributed by atoms with Gasteiger partial charge in [-0.15, -0.1) is 0 Å². The van der Waals surface area contributed by atoms with E-state index >= 15 is 0 Å². The summed E-state index contributed by atoms with van der Waals surface area (Å²) in [6, 6.07) is 7.55. The third kappa shape index (κ3) is 4.37. The van der Waals surface area contributed by atoms with Crippen molar-refractivity contribution in [3.8, 4) is 0 Å². The van der Waals surface area contributed by atoms with E-state index in [-0.39, 0.29) is 12.1 Å². The minimum Gasteiger partial charge on any atom is -0.335 e. The fraction of sp³-hybridized carbons (Fsp3) is 0.500. The van der Waals surface area contributed by atoms with Crippen molar-refractivity contribution < 1.29 is 4.79 Å². The van der Waals surface area contributed by atoms with Crippen LogP contribution in [-0.4, -0.2) is 12.1 Å². The molecule has 1 rings (SSSR count). The van der Waals surface area contributed by atoms with Crippen LogP contribution >= 0.6 is 0 Å². The maximum absolute atomic E-state index is 11.8. The van der Waals surface area contributed by atoms with Gasteiger partial charge in [-0.05, 0) is 30.5 Å². The summed E-state index contributed by atoms with van der Waals surface area (Å²) >= 11 is 0. The van der Waals surface area contributed by atoms with E-state index in [0.717, 1.165) is 17.7 Å². The molecule has 1 aromatic rings. The van der Waals surface area contributed by atoms with E-state index in [1.807, 2.05) is 31.2 Å². The highest BCUT2D eigenvalue weighted by molar-refractivity contribution is 5.89. The number of carbonyl (C=O) groups is 1. The number of rotatable bonds is 5. The van der Waals surface area contributed by atoms with Crippen LogP contribution in [0.4, 0.5) is 10.5 Å². The lowest BCUT2D eigenvalue weighted by Gasteiger charge is -2.20. The molecule has 18 heavy (non-hydrogen) atoms. The van der Waals surface area contributed by atoms with Crippen LogP contribution in [0.3, 0.4) is 0 Å². The van der Waals surface area contributed by atoms with Crippen LogP contribution in [0, 0.1) is 5.92 Å². The van der Waals surface area contributed by atoms with Gasteiger partial charge < -0.3 is 16.4 Å². The number of benzene rings is 1. The summed E-state index contributed by atoms with van der Waals surface area (Å²) in [4.78, 5) is 11.8. The minimum atomic E-state index is -0.169. The first-order valence-electron chi connectivity index (χ1n) is 6.43. The molecule has 4 nitrogen and oxygen atoms in total. The number of anilines is 1. The number of hydrogen-bond acceptors (Lipinski definition) is 2. The first-order chi connectivity index (χ1) is 8.56. The number of amides is 2. The van der Waals surface area contributed by atoms with E-state index < -0.39 is 0 Å². The van der Waals surface area contributed by atoms with Gasteiger partial charge >= 0.3 is 6.03 Å².